The van der Waals surface area contributed by atoms with E-state index >= 15 is 0 Å². The van der Waals surface area contributed by atoms with Crippen molar-refractivity contribution >= 4 is 28.4 Å². The van der Waals surface area contributed by atoms with Gasteiger partial charge in [-0.05, 0) is 12.1 Å². The van der Waals surface area contributed by atoms with Crippen LogP contribution in [-0.4, -0.2) is 17.6 Å². The van der Waals surface area contributed by atoms with E-state index in [1.165, 1.54) is 0 Å². The quantitative estimate of drug-likeness (QED) is 0.670. The van der Waals surface area contributed by atoms with E-state index in [4.69, 9.17) is 11.6 Å². The summed E-state index contributed by atoms with van der Waals surface area (Å²) in [7, 11) is 0. The number of aliphatic imine (C=N–C) groups is 1. The van der Waals surface area contributed by atoms with Crippen molar-refractivity contribution < 1.29 is 4.79 Å². The predicted molar refractivity (Wildman–Crippen MR) is 52.3 cm³/mol. The lowest BCUT2D eigenvalue weighted by molar-refractivity contribution is -0.114. The Hall–Kier alpha value is -1.35. The molecule has 1 aliphatic heterocycles. The number of benzodiazepines with no additional fused rings is 1. The highest BCUT2D eigenvalue weighted by Crippen LogP contribution is 2.19. The molecule has 0 aromatic heterocycles. The first-order valence-electron chi connectivity index (χ1n) is 3.86. The van der Waals surface area contributed by atoms with E-state index in [0.29, 0.717) is 5.17 Å². The number of nitrogens with zero attached hydrogens (tertiary/aromatic N) is 1. The van der Waals surface area contributed by atoms with Crippen molar-refractivity contribution in [3.05, 3.63) is 29.8 Å². The van der Waals surface area contributed by atoms with Crippen LogP contribution in [0.3, 0.4) is 0 Å². The summed E-state index contributed by atoms with van der Waals surface area (Å²) in [5, 5.41) is 3.10. The minimum Gasteiger partial charge on any atom is -0.324 e. The zero-order chi connectivity index (χ0) is 9.26. The van der Waals surface area contributed by atoms with E-state index in [2.05, 4.69) is 10.3 Å². The molecule has 13 heavy (non-hydrogen) atoms. The highest BCUT2D eigenvalue weighted by molar-refractivity contribution is 6.70. The summed E-state index contributed by atoms with van der Waals surface area (Å²) in [6, 6.07) is 7.33. The Bertz CT molecular complexity index is 387. The van der Waals surface area contributed by atoms with Gasteiger partial charge < -0.3 is 5.32 Å². The Balaban J connectivity index is 2.55. The molecular weight excluding hydrogens is 188 g/mol. The number of halogens is 1. The van der Waals surface area contributed by atoms with Crippen LogP contribution in [0.1, 0.15) is 5.56 Å². The maximum Gasteiger partial charge on any atom is 0.246 e. The number of carbonyl (C=O) groups is 1. The smallest absolute Gasteiger partial charge is 0.246 e. The Labute approximate surface area is 80.4 Å². The van der Waals surface area contributed by atoms with Gasteiger partial charge in [-0.1, -0.05) is 23.7 Å². The molecule has 1 aromatic carbocycles. The normalized spacial score (nSPS) is 15.5. The van der Waals surface area contributed by atoms with Gasteiger partial charge in [0.15, 0.2) is 0 Å². The summed E-state index contributed by atoms with van der Waals surface area (Å²) < 4.78 is 0. The Morgan fingerprint density at radius 1 is 1.38 bits per heavy atom. The molecule has 0 saturated heterocycles. The number of amides is 1. The molecule has 1 aromatic rings. The first kappa shape index (κ1) is 8.26. The van der Waals surface area contributed by atoms with E-state index in [1.807, 2.05) is 18.2 Å². The van der Waals surface area contributed by atoms with Crippen molar-refractivity contribution in [3.8, 4) is 0 Å². The maximum atomic E-state index is 11.1. The van der Waals surface area contributed by atoms with E-state index in [-0.39, 0.29) is 12.5 Å². The Morgan fingerprint density at radius 2 is 2.15 bits per heavy atom. The fraction of sp³-hybridized carbons (Fsp3) is 0.111. The summed E-state index contributed by atoms with van der Waals surface area (Å²) in [5.41, 5.74) is 1.49. The van der Waals surface area contributed by atoms with Crippen LogP contribution in [0.2, 0.25) is 0 Å². The van der Waals surface area contributed by atoms with Gasteiger partial charge in [-0.2, -0.15) is 0 Å². The first-order valence-corrected chi connectivity index (χ1v) is 4.24. The number of benzene rings is 1. The third-order valence-corrected chi connectivity index (χ3v) is 2.11. The fourth-order valence-electron chi connectivity index (χ4n) is 1.19. The van der Waals surface area contributed by atoms with Crippen LogP contribution in [0.5, 0.6) is 0 Å². The van der Waals surface area contributed by atoms with Crippen LogP contribution in [0.25, 0.3) is 0 Å². The molecule has 1 heterocycles. The number of carbonyl (C=O) groups excluding carboxylic acids is 1. The molecule has 0 fully saturated rings. The Kier molecular flexibility index (Phi) is 2.02. The molecule has 1 aliphatic rings. The van der Waals surface area contributed by atoms with E-state index < -0.39 is 0 Å². The summed E-state index contributed by atoms with van der Waals surface area (Å²) >= 11 is 5.87. The molecule has 0 atom stereocenters. The second-order valence-corrected chi connectivity index (χ2v) is 3.06. The third kappa shape index (κ3) is 1.55. The molecule has 1 amide bonds. The lowest BCUT2D eigenvalue weighted by Gasteiger charge is -2.03. The molecule has 3 nitrogen and oxygen atoms in total. The van der Waals surface area contributed by atoms with Crippen molar-refractivity contribution in [1.29, 1.82) is 0 Å². The molecule has 0 radical (unpaired) electrons. The van der Waals surface area contributed by atoms with Gasteiger partial charge in [-0.15, -0.1) is 0 Å². The number of hydrogen-bond donors (Lipinski definition) is 1. The summed E-state index contributed by atoms with van der Waals surface area (Å²) in [5.74, 6) is -0.136. The minimum absolute atomic E-state index is 0.0908. The molecule has 0 spiro atoms. The Morgan fingerprint density at radius 3 is 3.00 bits per heavy atom. The third-order valence-electron chi connectivity index (χ3n) is 1.78. The van der Waals surface area contributed by atoms with E-state index in [9.17, 15) is 4.79 Å². The van der Waals surface area contributed by atoms with Gasteiger partial charge in [0.25, 0.3) is 0 Å². The SMILES string of the molecule is O=C1CN=C(Cl)c2ccccc2N1. The second kappa shape index (κ2) is 3.18. The minimum atomic E-state index is -0.136. The zero-order valence-corrected chi connectivity index (χ0v) is 7.51. The number of fused-ring (bicyclic) bond motifs is 1. The summed E-state index contributed by atoms with van der Waals surface area (Å²) in [6.07, 6.45) is 0. The van der Waals surface area contributed by atoms with Crippen molar-refractivity contribution in [3.63, 3.8) is 0 Å². The van der Waals surface area contributed by atoms with Gasteiger partial charge in [0.1, 0.15) is 11.7 Å². The largest absolute Gasteiger partial charge is 0.324 e. The summed E-state index contributed by atoms with van der Waals surface area (Å²) in [6.45, 7) is 0.0908. The van der Waals surface area contributed by atoms with E-state index in [1.54, 1.807) is 6.07 Å². The van der Waals surface area contributed by atoms with Crippen molar-refractivity contribution in [2.45, 2.75) is 0 Å². The molecule has 1 N–H and O–H groups in total. The average Bonchev–Trinajstić information content (AvgIpc) is 2.27. The van der Waals surface area contributed by atoms with Gasteiger partial charge in [-0.25, -0.2) is 0 Å². The van der Waals surface area contributed by atoms with Gasteiger partial charge in [0.2, 0.25) is 5.91 Å². The number of anilines is 1. The number of rotatable bonds is 0. The van der Waals surface area contributed by atoms with Crippen molar-refractivity contribution in [1.82, 2.24) is 0 Å². The lowest BCUT2D eigenvalue weighted by atomic mass is 10.2. The van der Waals surface area contributed by atoms with Crippen LogP contribution < -0.4 is 5.32 Å². The van der Waals surface area contributed by atoms with Crippen LogP contribution in [-0.2, 0) is 4.79 Å². The standard InChI is InChI=1S/C9H7ClN2O/c10-9-6-3-1-2-4-7(6)12-8(13)5-11-9/h1-4H,5H2,(H,12,13). The van der Waals surface area contributed by atoms with Gasteiger partial charge in [0, 0.05) is 5.56 Å². The lowest BCUT2D eigenvalue weighted by Crippen LogP contribution is -2.13. The first-order chi connectivity index (χ1) is 6.27. The molecule has 0 saturated carbocycles. The fourth-order valence-corrected chi connectivity index (χ4v) is 1.41. The molecule has 0 unspecified atom stereocenters. The number of hydrogen-bond acceptors (Lipinski definition) is 2. The average molecular weight is 195 g/mol. The molecule has 0 bridgehead atoms. The zero-order valence-electron chi connectivity index (χ0n) is 6.75. The molecule has 4 heteroatoms. The summed E-state index contributed by atoms with van der Waals surface area (Å²) in [4.78, 5) is 15.0. The van der Waals surface area contributed by atoms with Crippen LogP contribution >= 0.6 is 11.6 Å². The van der Waals surface area contributed by atoms with Crippen molar-refractivity contribution in [2.24, 2.45) is 4.99 Å². The van der Waals surface area contributed by atoms with Crippen molar-refractivity contribution in [2.75, 3.05) is 11.9 Å². The molecule has 66 valence electrons. The maximum absolute atomic E-state index is 11.1. The van der Waals surface area contributed by atoms with Gasteiger partial charge in [-0.3, -0.25) is 9.79 Å². The highest BCUT2D eigenvalue weighted by Gasteiger charge is 2.13. The van der Waals surface area contributed by atoms with Crippen LogP contribution in [0.4, 0.5) is 5.69 Å². The van der Waals surface area contributed by atoms with Crippen LogP contribution in [0.15, 0.2) is 29.3 Å². The predicted octanol–water partition coefficient (Wildman–Crippen LogP) is 1.62. The van der Waals surface area contributed by atoms with Gasteiger partial charge >= 0.3 is 0 Å². The van der Waals surface area contributed by atoms with E-state index in [0.717, 1.165) is 11.3 Å². The van der Waals surface area contributed by atoms with Gasteiger partial charge in [0.05, 0.1) is 5.69 Å². The molecule has 0 aliphatic carbocycles. The molecule has 2 rings (SSSR count). The number of para-hydroxylation sites is 1. The topological polar surface area (TPSA) is 41.5 Å². The number of nitrogens with one attached hydrogen (secondary N) is 1. The van der Waals surface area contributed by atoms with Crippen LogP contribution in [0, 0.1) is 0 Å². The monoisotopic (exact) mass is 194 g/mol. The second-order valence-electron chi connectivity index (χ2n) is 2.70. The molecular formula is C9H7ClN2O. The highest BCUT2D eigenvalue weighted by atomic mass is 35.5.